The molecule has 7 nitrogen and oxygen atoms in total. The highest BCUT2D eigenvalue weighted by atomic mass is 31.2. The highest BCUT2D eigenvalue weighted by Gasteiger charge is 2.25. The molecule has 0 saturated heterocycles. The van der Waals surface area contributed by atoms with Gasteiger partial charge in [0, 0.05) is 6.42 Å². The minimum absolute atomic E-state index is 0.190. The first kappa shape index (κ1) is 49.5. The van der Waals surface area contributed by atoms with Gasteiger partial charge in [-0.3, -0.25) is 9.32 Å². The fourth-order valence-corrected chi connectivity index (χ4v) is 7.35. The van der Waals surface area contributed by atoms with Crippen LogP contribution in [0.25, 0.3) is 0 Å². The average Bonchev–Trinajstić information content (AvgIpc) is 3.08. The molecule has 0 aromatic heterocycles. The fourth-order valence-electron chi connectivity index (χ4n) is 7.00. The van der Waals surface area contributed by atoms with E-state index in [1.807, 2.05) is 0 Å². The Hall–Kier alpha value is -0.460. The first-order chi connectivity index (χ1) is 24.3. The Bertz CT molecular complexity index is 748. The molecule has 0 aliphatic heterocycles. The van der Waals surface area contributed by atoms with E-state index < -0.39 is 26.6 Å². The summed E-state index contributed by atoms with van der Waals surface area (Å²) in [7, 11) is -4.68. The molecule has 1 amide bonds. The number of aliphatic hydroxyl groups is 1. The van der Waals surface area contributed by atoms with Crippen LogP contribution in [0.15, 0.2) is 0 Å². The molecule has 300 valence electrons. The van der Waals surface area contributed by atoms with Crippen LogP contribution in [0.1, 0.15) is 245 Å². The Morgan fingerprint density at radius 2 is 0.780 bits per heavy atom. The summed E-state index contributed by atoms with van der Waals surface area (Å²) in [6.07, 6.45) is 43.9. The summed E-state index contributed by atoms with van der Waals surface area (Å²) >= 11 is 0. The molecule has 50 heavy (non-hydrogen) atoms. The number of rotatable bonds is 41. The van der Waals surface area contributed by atoms with Crippen molar-refractivity contribution >= 4 is 13.7 Å². The van der Waals surface area contributed by atoms with Gasteiger partial charge < -0.3 is 20.2 Å². The van der Waals surface area contributed by atoms with Gasteiger partial charge in [0.2, 0.25) is 5.91 Å². The lowest BCUT2D eigenvalue weighted by Gasteiger charge is -2.24. The number of carbonyl (C=O) groups excluding carboxylic acids is 1. The highest BCUT2D eigenvalue weighted by molar-refractivity contribution is 7.46. The standard InChI is InChI=1S/C42H86NO6P/c1-3-5-7-9-11-13-15-16-17-18-19-20-21-22-23-24-25-26-27-28-30-32-34-36-38-42(45)43-40(39-49-50(46,47)48)41(44)37-35-33-31-29-14-12-10-8-6-4-2/h40-41,44H,3-39H2,1-2H3,(H,43,45)(H2,46,47,48)/t40-,41+/m0/s1. The minimum atomic E-state index is -4.68. The van der Waals surface area contributed by atoms with E-state index in [2.05, 4.69) is 23.7 Å². The number of unbranched alkanes of at least 4 members (excludes halogenated alkanes) is 32. The predicted molar refractivity (Wildman–Crippen MR) is 213 cm³/mol. The number of carbonyl (C=O) groups is 1. The molecule has 0 heterocycles. The maximum Gasteiger partial charge on any atom is 0.469 e. The van der Waals surface area contributed by atoms with E-state index in [1.165, 1.54) is 180 Å². The molecule has 0 aliphatic carbocycles. The molecule has 0 saturated carbocycles. The number of hydrogen-bond donors (Lipinski definition) is 4. The average molecular weight is 732 g/mol. The van der Waals surface area contributed by atoms with E-state index in [0.29, 0.717) is 12.8 Å². The van der Waals surface area contributed by atoms with Gasteiger partial charge in [0.05, 0.1) is 18.8 Å². The topological polar surface area (TPSA) is 116 Å². The number of phosphoric acid groups is 1. The smallest absolute Gasteiger partial charge is 0.391 e. The molecular formula is C42H86NO6P. The van der Waals surface area contributed by atoms with Crippen LogP contribution in [0.4, 0.5) is 0 Å². The van der Waals surface area contributed by atoms with E-state index in [4.69, 9.17) is 9.79 Å². The molecule has 0 aromatic rings. The second-order valence-electron chi connectivity index (χ2n) is 15.4. The van der Waals surface area contributed by atoms with E-state index >= 15 is 0 Å². The molecule has 0 fully saturated rings. The maximum absolute atomic E-state index is 12.6. The minimum Gasteiger partial charge on any atom is -0.391 e. The van der Waals surface area contributed by atoms with Crippen LogP contribution < -0.4 is 5.32 Å². The molecule has 0 bridgehead atoms. The summed E-state index contributed by atoms with van der Waals surface area (Å²) in [6.45, 7) is 4.12. The second kappa shape index (κ2) is 38.3. The predicted octanol–water partition coefficient (Wildman–Crippen LogP) is 13.0. The molecule has 0 aromatic carbocycles. The third kappa shape index (κ3) is 38.8. The normalized spacial score (nSPS) is 13.1. The van der Waals surface area contributed by atoms with Crippen molar-refractivity contribution in [3.8, 4) is 0 Å². The monoisotopic (exact) mass is 732 g/mol. The summed E-state index contributed by atoms with van der Waals surface area (Å²) in [6, 6.07) is -0.817. The molecule has 0 unspecified atom stereocenters. The SMILES string of the molecule is CCCCCCCCCCCCCCCCCCCCCCCCCCC(=O)N[C@@H](COP(=O)(O)O)[C@H](O)CCCCCCCCCCCC. The Morgan fingerprint density at radius 3 is 1.08 bits per heavy atom. The van der Waals surface area contributed by atoms with Gasteiger partial charge in [-0.2, -0.15) is 0 Å². The summed E-state index contributed by atoms with van der Waals surface area (Å²) < 4.78 is 15.9. The highest BCUT2D eigenvalue weighted by Crippen LogP contribution is 2.36. The van der Waals surface area contributed by atoms with Crippen molar-refractivity contribution in [1.82, 2.24) is 5.32 Å². The Labute approximate surface area is 310 Å². The summed E-state index contributed by atoms with van der Waals surface area (Å²) in [4.78, 5) is 30.9. The Morgan fingerprint density at radius 1 is 0.500 bits per heavy atom. The molecule has 0 aliphatic rings. The van der Waals surface area contributed by atoms with Crippen LogP contribution in [0.3, 0.4) is 0 Å². The van der Waals surface area contributed by atoms with Gasteiger partial charge in [0.15, 0.2) is 0 Å². The zero-order chi connectivity index (χ0) is 36.8. The Balaban J connectivity index is 3.72. The molecule has 0 spiro atoms. The van der Waals surface area contributed by atoms with Gasteiger partial charge >= 0.3 is 7.82 Å². The zero-order valence-electron chi connectivity index (χ0n) is 33.3. The van der Waals surface area contributed by atoms with Gasteiger partial charge in [0.25, 0.3) is 0 Å². The number of amides is 1. The number of aliphatic hydroxyl groups excluding tert-OH is 1. The van der Waals surface area contributed by atoms with Crippen LogP contribution >= 0.6 is 7.82 Å². The lowest BCUT2D eigenvalue weighted by Crippen LogP contribution is -2.46. The summed E-state index contributed by atoms with van der Waals surface area (Å²) in [5, 5.41) is 13.5. The van der Waals surface area contributed by atoms with Gasteiger partial charge in [-0.15, -0.1) is 0 Å². The number of nitrogens with one attached hydrogen (secondary N) is 1. The third-order valence-electron chi connectivity index (χ3n) is 10.3. The van der Waals surface area contributed by atoms with E-state index in [9.17, 15) is 14.5 Å². The lowest BCUT2D eigenvalue weighted by molar-refractivity contribution is -0.123. The van der Waals surface area contributed by atoms with Crippen molar-refractivity contribution in [3.63, 3.8) is 0 Å². The maximum atomic E-state index is 12.6. The first-order valence-corrected chi connectivity index (χ1v) is 23.5. The van der Waals surface area contributed by atoms with Crippen LogP contribution in [-0.4, -0.2) is 39.6 Å². The number of phosphoric ester groups is 1. The molecule has 0 radical (unpaired) electrons. The molecule has 4 N–H and O–H groups in total. The first-order valence-electron chi connectivity index (χ1n) is 22.0. The van der Waals surface area contributed by atoms with Gasteiger partial charge in [-0.1, -0.05) is 226 Å². The molecule has 0 rings (SSSR count). The van der Waals surface area contributed by atoms with Crippen molar-refractivity contribution in [3.05, 3.63) is 0 Å². The molecule has 8 heteroatoms. The van der Waals surface area contributed by atoms with Gasteiger partial charge in [-0.05, 0) is 12.8 Å². The van der Waals surface area contributed by atoms with Crippen LogP contribution in [0.2, 0.25) is 0 Å². The second-order valence-corrected chi connectivity index (χ2v) is 16.6. The fraction of sp³-hybridized carbons (Fsp3) is 0.976. The molecular weight excluding hydrogens is 645 g/mol. The lowest BCUT2D eigenvalue weighted by atomic mass is 10.0. The largest absolute Gasteiger partial charge is 0.469 e. The third-order valence-corrected chi connectivity index (χ3v) is 10.8. The van der Waals surface area contributed by atoms with Crippen molar-refractivity contribution < 1.29 is 28.8 Å². The van der Waals surface area contributed by atoms with Crippen LogP contribution in [0, 0.1) is 0 Å². The van der Waals surface area contributed by atoms with E-state index in [0.717, 1.165) is 38.5 Å². The van der Waals surface area contributed by atoms with Crippen molar-refractivity contribution in [2.24, 2.45) is 0 Å². The van der Waals surface area contributed by atoms with Crippen LogP contribution in [0.5, 0.6) is 0 Å². The van der Waals surface area contributed by atoms with Crippen molar-refractivity contribution in [2.75, 3.05) is 6.61 Å². The van der Waals surface area contributed by atoms with Crippen molar-refractivity contribution in [2.45, 2.75) is 257 Å². The van der Waals surface area contributed by atoms with E-state index in [-0.39, 0.29) is 5.91 Å². The van der Waals surface area contributed by atoms with Crippen LogP contribution in [-0.2, 0) is 13.9 Å². The summed E-state index contributed by atoms with van der Waals surface area (Å²) in [5.74, 6) is -0.190. The van der Waals surface area contributed by atoms with Crippen molar-refractivity contribution in [1.29, 1.82) is 0 Å². The van der Waals surface area contributed by atoms with E-state index in [1.54, 1.807) is 0 Å². The Kier molecular flexibility index (Phi) is 37.9. The van der Waals surface area contributed by atoms with Gasteiger partial charge in [-0.25, -0.2) is 4.57 Å². The van der Waals surface area contributed by atoms with Gasteiger partial charge in [0.1, 0.15) is 0 Å². The zero-order valence-corrected chi connectivity index (χ0v) is 34.2. The quantitative estimate of drug-likeness (QED) is 0.0367. The summed E-state index contributed by atoms with van der Waals surface area (Å²) in [5.41, 5.74) is 0. The molecule has 2 atom stereocenters. The number of hydrogen-bond acceptors (Lipinski definition) is 4.